The molecule has 1 aromatic carbocycles. The minimum atomic E-state index is -0.872. The van der Waals surface area contributed by atoms with Crippen LogP contribution in [0.4, 0.5) is 0 Å². The van der Waals surface area contributed by atoms with Crippen molar-refractivity contribution in [3.8, 4) is 0 Å². The van der Waals surface area contributed by atoms with Gasteiger partial charge in [-0.25, -0.2) is 9.78 Å². The molecule has 0 spiro atoms. The summed E-state index contributed by atoms with van der Waals surface area (Å²) in [6.07, 6.45) is 8.37. The number of hydrogen-bond acceptors (Lipinski definition) is 2. The third-order valence-corrected chi connectivity index (χ3v) is 4.52. The second-order valence-electron chi connectivity index (χ2n) is 5.91. The predicted molar refractivity (Wildman–Crippen MR) is 82.8 cm³/mol. The Hall–Kier alpha value is -1.84. The van der Waals surface area contributed by atoms with Crippen LogP contribution >= 0.6 is 0 Å². The van der Waals surface area contributed by atoms with Crippen LogP contribution in [0.2, 0.25) is 0 Å². The number of carboxylic acid groups (broad SMARTS) is 1. The van der Waals surface area contributed by atoms with Gasteiger partial charge in [-0.15, -0.1) is 0 Å². The normalized spacial score (nSPS) is 17.0. The molecule has 1 fully saturated rings. The number of rotatable bonds is 3. The first-order chi connectivity index (χ1) is 10.2. The number of carboxylic acids is 1. The van der Waals surface area contributed by atoms with Gasteiger partial charge in [-0.05, 0) is 31.0 Å². The van der Waals surface area contributed by atoms with Crippen molar-refractivity contribution >= 4 is 17.0 Å². The Balaban J connectivity index is 2.12. The Morgan fingerprint density at radius 1 is 1.29 bits per heavy atom. The molecule has 21 heavy (non-hydrogen) atoms. The van der Waals surface area contributed by atoms with Gasteiger partial charge in [0, 0.05) is 12.5 Å². The third kappa shape index (κ3) is 2.67. The summed E-state index contributed by atoms with van der Waals surface area (Å²) in [5.74, 6) is 0.211. The zero-order valence-electron chi connectivity index (χ0n) is 12.5. The Morgan fingerprint density at radius 2 is 2.00 bits per heavy atom. The summed E-state index contributed by atoms with van der Waals surface area (Å²) in [4.78, 5) is 15.9. The molecule has 3 rings (SSSR count). The number of carbonyl (C=O) groups is 1. The molecule has 1 aliphatic carbocycles. The molecular weight excluding hydrogens is 264 g/mol. The van der Waals surface area contributed by atoms with Gasteiger partial charge in [0.25, 0.3) is 0 Å². The predicted octanol–water partition coefficient (Wildman–Crippen LogP) is 4.19. The van der Waals surface area contributed by atoms with Crippen LogP contribution in [0.5, 0.6) is 0 Å². The number of benzene rings is 1. The highest BCUT2D eigenvalue weighted by molar-refractivity contribution is 5.92. The van der Waals surface area contributed by atoms with Crippen LogP contribution in [0.15, 0.2) is 18.2 Å². The number of nitrogens with zero attached hydrogens (tertiary/aromatic N) is 2. The van der Waals surface area contributed by atoms with Crippen LogP contribution in [0.25, 0.3) is 11.0 Å². The van der Waals surface area contributed by atoms with Gasteiger partial charge in [0.1, 0.15) is 5.82 Å². The maximum Gasteiger partial charge on any atom is 0.335 e. The summed E-state index contributed by atoms with van der Waals surface area (Å²) in [5.41, 5.74) is 2.25. The third-order valence-electron chi connectivity index (χ3n) is 4.52. The van der Waals surface area contributed by atoms with Gasteiger partial charge < -0.3 is 9.67 Å². The van der Waals surface area contributed by atoms with E-state index in [0.717, 1.165) is 23.3 Å². The molecule has 1 aliphatic rings. The van der Waals surface area contributed by atoms with E-state index >= 15 is 0 Å². The van der Waals surface area contributed by atoms with Crippen molar-refractivity contribution in [2.45, 2.75) is 57.9 Å². The second-order valence-corrected chi connectivity index (χ2v) is 5.91. The van der Waals surface area contributed by atoms with Crippen molar-refractivity contribution in [1.29, 1.82) is 0 Å². The second kappa shape index (κ2) is 5.88. The van der Waals surface area contributed by atoms with Crippen LogP contribution in [-0.4, -0.2) is 20.6 Å². The van der Waals surface area contributed by atoms with Crippen LogP contribution in [0, 0.1) is 0 Å². The Kier molecular flexibility index (Phi) is 3.95. The van der Waals surface area contributed by atoms with Crippen molar-refractivity contribution in [3.05, 3.63) is 29.6 Å². The smallest absolute Gasteiger partial charge is 0.335 e. The van der Waals surface area contributed by atoms with E-state index in [-0.39, 0.29) is 0 Å². The summed E-state index contributed by atoms with van der Waals surface area (Å²) in [6, 6.07) is 5.74. The number of fused-ring (bicyclic) bond motifs is 1. The number of hydrogen-bond donors (Lipinski definition) is 1. The molecule has 1 saturated carbocycles. The van der Waals surface area contributed by atoms with Crippen molar-refractivity contribution < 1.29 is 9.90 Å². The average Bonchev–Trinajstić information content (AvgIpc) is 2.66. The molecule has 1 heterocycles. The van der Waals surface area contributed by atoms with Crippen molar-refractivity contribution in [1.82, 2.24) is 9.55 Å². The highest BCUT2D eigenvalue weighted by Crippen LogP contribution is 2.32. The van der Waals surface area contributed by atoms with E-state index in [1.165, 1.54) is 38.5 Å². The van der Waals surface area contributed by atoms with E-state index in [4.69, 9.17) is 4.98 Å². The first kappa shape index (κ1) is 14.1. The molecule has 4 heteroatoms. The summed E-state index contributed by atoms with van der Waals surface area (Å²) in [5, 5.41) is 9.22. The molecule has 0 saturated heterocycles. The molecule has 2 aromatic rings. The average molecular weight is 286 g/mol. The van der Waals surface area contributed by atoms with E-state index in [9.17, 15) is 9.90 Å². The molecule has 0 radical (unpaired) electrons. The van der Waals surface area contributed by atoms with Crippen molar-refractivity contribution in [3.63, 3.8) is 0 Å². The quantitative estimate of drug-likeness (QED) is 0.861. The molecule has 1 aromatic heterocycles. The van der Waals surface area contributed by atoms with Crippen LogP contribution in [0.1, 0.15) is 67.7 Å². The Labute approximate surface area is 124 Å². The van der Waals surface area contributed by atoms with Gasteiger partial charge in [0.15, 0.2) is 0 Å². The lowest BCUT2D eigenvalue weighted by Gasteiger charge is -2.20. The van der Waals surface area contributed by atoms with Gasteiger partial charge >= 0.3 is 5.97 Å². The fourth-order valence-electron chi connectivity index (χ4n) is 3.45. The Bertz CT molecular complexity index is 652. The lowest BCUT2D eigenvalue weighted by atomic mass is 10.1. The molecule has 1 N–H and O–H groups in total. The molecule has 0 bridgehead atoms. The SMILES string of the molecule is CCc1nc2ccc(C(=O)O)cc2n1C1CCCCCC1. The molecule has 4 nitrogen and oxygen atoms in total. The lowest BCUT2D eigenvalue weighted by molar-refractivity contribution is 0.0697. The Morgan fingerprint density at radius 3 is 2.62 bits per heavy atom. The minimum absolute atomic E-state index is 0.347. The van der Waals surface area contributed by atoms with Gasteiger partial charge in [-0.1, -0.05) is 32.6 Å². The zero-order chi connectivity index (χ0) is 14.8. The van der Waals surface area contributed by atoms with Crippen molar-refractivity contribution in [2.24, 2.45) is 0 Å². The van der Waals surface area contributed by atoms with E-state index in [1.807, 2.05) is 6.07 Å². The lowest BCUT2D eigenvalue weighted by Crippen LogP contribution is -2.11. The number of aromatic nitrogens is 2. The molecule has 112 valence electrons. The monoisotopic (exact) mass is 286 g/mol. The van der Waals surface area contributed by atoms with Crippen LogP contribution in [0.3, 0.4) is 0 Å². The molecule has 0 amide bonds. The van der Waals surface area contributed by atoms with Gasteiger partial charge in [-0.3, -0.25) is 0 Å². The van der Waals surface area contributed by atoms with Crippen LogP contribution in [-0.2, 0) is 6.42 Å². The maximum absolute atomic E-state index is 11.2. The molecular formula is C17H22N2O2. The summed E-state index contributed by atoms with van der Waals surface area (Å²) in [7, 11) is 0. The fraction of sp³-hybridized carbons (Fsp3) is 0.529. The van der Waals surface area contributed by atoms with E-state index < -0.39 is 5.97 Å². The minimum Gasteiger partial charge on any atom is -0.478 e. The maximum atomic E-state index is 11.2. The number of aromatic carboxylic acids is 1. The molecule has 0 unspecified atom stereocenters. The largest absolute Gasteiger partial charge is 0.478 e. The van der Waals surface area contributed by atoms with Gasteiger partial charge in [0.2, 0.25) is 0 Å². The van der Waals surface area contributed by atoms with Crippen molar-refractivity contribution in [2.75, 3.05) is 0 Å². The molecule has 0 aliphatic heterocycles. The highest BCUT2D eigenvalue weighted by atomic mass is 16.4. The topological polar surface area (TPSA) is 55.1 Å². The standard InChI is InChI=1S/C17H22N2O2/c1-2-16-18-14-10-9-12(17(20)21)11-15(14)19(16)13-7-5-3-4-6-8-13/h9-11,13H,2-8H2,1H3,(H,20,21). The van der Waals surface area contributed by atoms with Gasteiger partial charge in [-0.2, -0.15) is 0 Å². The summed E-state index contributed by atoms with van der Waals surface area (Å²) < 4.78 is 2.31. The van der Waals surface area contributed by atoms with E-state index in [0.29, 0.717) is 11.6 Å². The molecule has 0 atom stereocenters. The van der Waals surface area contributed by atoms with E-state index in [1.54, 1.807) is 12.1 Å². The first-order valence-electron chi connectivity index (χ1n) is 7.95. The number of aryl methyl sites for hydroxylation is 1. The zero-order valence-corrected chi connectivity index (χ0v) is 12.5. The van der Waals surface area contributed by atoms with Gasteiger partial charge in [0.05, 0.1) is 16.6 Å². The fourth-order valence-corrected chi connectivity index (χ4v) is 3.45. The summed E-state index contributed by atoms with van der Waals surface area (Å²) in [6.45, 7) is 2.12. The first-order valence-corrected chi connectivity index (χ1v) is 7.95. The van der Waals surface area contributed by atoms with E-state index in [2.05, 4.69) is 11.5 Å². The van der Waals surface area contributed by atoms with Crippen LogP contribution < -0.4 is 0 Å². The highest BCUT2D eigenvalue weighted by Gasteiger charge is 2.20. The number of imidazole rings is 1. The summed E-state index contributed by atoms with van der Waals surface area (Å²) >= 11 is 0.